The highest BCUT2D eigenvalue weighted by atomic mass is 32.1. The van der Waals surface area contributed by atoms with Crippen molar-refractivity contribution in [1.82, 2.24) is 5.32 Å². The molecule has 0 atom stereocenters. The van der Waals surface area contributed by atoms with Gasteiger partial charge in [0, 0.05) is 10.6 Å². The summed E-state index contributed by atoms with van der Waals surface area (Å²) in [5.41, 5.74) is 7.54. The maximum Gasteiger partial charge on any atom is 0.261 e. The number of hydrogen-bond donors (Lipinski definition) is 2. The van der Waals surface area contributed by atoms with Crippen LogP contribution in [0.15, 0.2) is 66.7 Å². The van der Waals surface area contributed by atoms with Gasteiger partial charge in [0.2, 0.25) is 0 Å². The number of para-hydroxylation sites is 1. The Balaban J connectivity index is 1.52. The van der Waals surface area contributed by atoms with Gasteiger partial charge in [0.05, 0.1) is 11.4 Å². The van der Waals surface area contributed by atoms with E-state index in [2.05, 4.69) is 5.32 Å². The van der Waals surface area contributed by atoms with E-state index in [1.165, 1.54) is 11.3 Å². The molecule has 3 N–H and O–H groups in total. The monoisotopic (exact) mass is 338 g/mol. The van der Waals surface area contributed by atoms with Crippen molar-refractivity contribution < 1.29 is 9.53 Å². The Bertz CT molecular complexity index is 815. The molecule has 2 aromatic carbocycles. The molecule has 0 aliphatic rings. The Kier molecular flexibility index (Phi) is 5.13. The second-order valence-corrected chi connectivity index (χ2v) is 6.29. The number of carbonyl (C=O) groups is 1. The number of hydrogen-bond acceptors (Lipinski definition) is 4. The molecule has 3 rings (SSSR count). The van der Waals surface area contributed by atoms with Gasteiger partial charge >= 0.3 is 0 Å². The van der Waals surface area contributed by atoms with Crippen LogP contribution >= 0.6 is 11.3 Å². The van der Waals surface area contributed by atoms with E-state index in [-0.39, 0.29) is 5.91 Å². The molecule has 0 aliphatic carbocycles. The van der Waals surface area contributed by atoms with Gasteiger partial charge in [-0.15, -0.1) is 11.3 Å². The summed E-state index contributed by atoms with van der Waals surface area (Å²) in [5.74, 6) is 0.707. The predicted molar refractivity (Wildman–Crippen MR) is 98.4 cm³/mol. The molecule has 0 radical (unpaired) electrons. The van der Waals surface area contributed by atoms with Crippen molar-refractivity contribution in [3.05, 3.63) is 71.6 Å². The molecule has 5 heteroatoms. The summed E-state index contributed by atoms with van der Waals surface area (Å²) in [4.78, 5) is 13.9. The van der Waals surface area contributed by atoms with Gasteiger partial charge in [-0.3, -0.25) is 4.79 Å². The molecule has 0 unspecified atom stereocenters. The number of nitrogens with two attached hydrogens (primary N) is 1. The van der Waals surface area contributed by atoms with Crippen LogP contribution in [-0.4, -0.2) is 19.1 Å². The van der Waals surface area contributed by atoms with Gasteiger partial charge in [-0.1, -0.05) is 30.3 Å². The molecule has 0 bridgehead atoms. The zero-order valence-corrected chi connectivity index (χ0v) is 13.9. The molecule has 1 aromatic heterocycles. The first kappa shape index (κ1) is 16.1. The minimum atomic E-state index is -0.0909. The quantitative estimate of drug-likeness (QED) is 0.531. The summed E-state index contributed by atoms with van der Waals surface area (Å²) >= 11 is 1.45. The molecule has 0 spiro atoms. The van der Waals surface area contributed by atoms with Crippen LogP contribution in [0.1, 0.15) is 9.67 Å². The normalized spacial score (nSPS) is 10.3. The highest BCUT2D eigenvalue weighted by Crippen LogP contribution is 2.29. The van der Waals surface area contributed by atoms with E-state index < -0.39 is 0 Å². The molecule has 1 heterocycles. The zero-order chi connectivity index (χ0) is 16.8. The van der Waals surface area contributed by atoms with Crippen LogP contribution in [0.2, 0.25) is 0 Å². The van der Waals surface area contributed by atoms with Gasteiger partial charge in [0.15, 0.2) is 0 Å². The number of benzene rings is 2. The third-order valence-corrected chi connectivity index (χ3v) is 4.53. The van der Waals surface area contributed by atoms with Crippen LogP contribution in [0.25, 0.3) is 10.4 Å². The van der Waals surface area contributed by atoms with E-state index in [0.29, 0.717) is 23.7 Å². The molecule has 1 amide bonds. The van der Waals surface area contributed by atoms with Crippen molar-refractivity contribution in [2.45, 2.75) is 0 Å². The van der Waals surface area contributed by atoms with Crippen LogP contribution in [0, 0.1) is 0 Å². The summed E-state index contributed by atoms with van der Waals surface area (Å²) < 4.78 is 5.55. The van der Waals surface area contributed by atoms with Gasteiger partial charge in [0.1, 0.15) is 12.4 Å². The van der Waals surface area contributed by atoms with Crippen molar-refractivity contribution in [3.63, 3.8) is 0 Å². The number of anilines is 1. The molecule has 3 aromatic rings. The van der Waals surface area contributed by atoms with Crippen LogP contribution in [-0.2, 0) is 0 Å². The van der Waals surface area contributed by atoms with Crippen LogP contribution in [0.5, 0.6) is 5.75 Å². The fourth-order valence-corrected chi connectivity index (χ4v) is 3.16. The van der Waals surface area contributed by atoms with Gasteiger partial charge in [-0.2, -0.15) is 0 Å². The van der Waals surface area contributed by atoms with Gasteiger partial charge in [-0.05, 0) is 42.0 Å². The number of rotatable bonds is 6. The van der Waals surface area contributed by atoms with Crippen molar-refractivity contribution in [3.8, 4) is 16.2 Å². The van der Waals surface area contributed by atoms with Gasteiger partial charge in [-0.25, -0.2) is 0 Å². The van der Waals surface area contributed by atoms with Crippen LogP contribution in [0.3, 0.4) is 0 Å². The maximum atomic E-state index is 12.2. The minimum absolute atomic E-state index is 0.0909. The van der Waals surface area contributed by atoms with E-state index >= 15 is 0 Å². The number of amides is 1. The second-order valence-electron chi connectivity index (χ2n) is 5.21. The smallest absolute Gasteiger partial charge is 0.261 e. The standard InChI is InChI=1S/C19H18N2O2S/c20-15-6-4-5-14(13-15)17-9-10-18(24-17)19(22)21-11-12-23-16-7-2-1-3-8-16/h1-10,13H,11-12,20H2,(H,21,22). The van der Waals surface area contributed by atoms with Crippen LogP contribution in [0.4, 0.5) is 5.69 Å². The van der Waals surface area contributed by atoms with Crippen molar-refractivity contribution in [2.75, 3.05) is 18.9 Å². The zero-order valence-electron chi connectivity index (χ0n) is 13.1. The Morgan fingerprint density at radius 1 is 1.04 bits per heavy atom. The highest BCUT2D eigenvalue weighted by Gasteiger charge is 2.10. The van der Waals surface area contributed by atoms with E-state index in [0.717, 1.165) is 16.2 Å². The number of nitrogen functional groups attached to an aromatic ring is 1. The van der Waals surface area contributed by atoms with Gasteiger partial charge < -0.3 is 15.8 Å². The Morgan fingerprint density at radius 2 is 1.88 bits per heavy atom. The third-order valence-electron chi connectivity index (χ3n) is 3.40. The fourth-order valence-electron chi connectivity index (χ4n) is 2.24. The van der Waals surface area contributed by atoms with E-state index in [1.807, 2.05) is 66.7 Å². The summed E-state index contributed by atoms with van der Waals surface area (Å²) in [6.07, 6.45) is 0. The second kappa shape index (κ2) is 7.66. The van der Waals surface area contributed by atoms with Crippen molar-refractivity contribution in [1.29, 1.82) is 0 Å². The molecular weight excluding hydrogens is 320 g/mol. The Morgan fingerprint density at radius 3 is 2.67 bits per heavy atom. The Hall–Kier alpha value is -2.79. The van der Waals surface area contributed by atoms with Crippen LogP contribution < -0.4 is 15.8 Å². The lowest BCUT2D eigenvalue weighted by Crippen LogP contribution is -2.27. The topological polar surface area (TPSA) is 64.4 Å². The number of nitrogens with one attached hydrogen (secondary N) is 1. The average Bonchev–Trinajstić information content (AvgIpc) is 3.10. The molecule has 4 nitrogen and oxygen atoms in total. The minimum Gasteiger partial charge on any atom is -0.492 e. The largest absolute Gasteiger partial charge is 0.492 e. The summed E-state index contributed by atoms with van der Waals surface area (Å²) in [6.45, 7) is 0.891. The Labute approximate surface area is 144 Å². The average molecular weight is 338 g/mol. The molecule has 0 fully saturated rings. The first-order valence-corrected chi connectivity index (χ1v) is 8.46. The lowest BCUT2D eigenvalue weighted by Gasteiger charge is -2.06. The van der Waals surface area contributed by atoms with Gasteiger partial charge in [0.25, 0.3) is 5.91 Å². The fraction of sp³-hybridized carbons (Fsp3) is 0.105. The number of carbonyl (C=O) groups excluding carboxylic acids is 1. The highest BCUT2D eigenvalue weighted by molar-refractivity contribution is 7.17. The lowest BCUT2D eigenvalue weighted by molar-refractivity contribution is 0.0951. The first-order valence-electron chi connectivity index (χ1n) is 7.64. The third kappa shape index (κ3) is 4.14. The van der Waals surface area contributed by atoms with E-state index in [1.54, 1.807) is 0 Å². The SMILES string of the molecule is Nc1cccc(-c2ccc(C(=O)NCCOc3ccccc3)s2)c1. The molecule has 0 saturated heterocycles. The van der Waals surface area contributed by atoms with E-state index in [9.17, 15) is 4.79 Å². The first-order chi connectivity index (χ1) is 11.7. The number of ether oxygens (including phenoxy) is 1. The molecular formula is C19H18N2O2S. The van der Waals surface area contributed by atoms with Crippen molar-refractivity contribution >= 4 is 22.9 Å². The molecule has 0 saturated carbocycles. The molecule has 24 heavy (non-hydrogen) atoms. The lowest BCUT2D eigenvalue weighted by atomic mass is 10.2. The van der Waals surface area contributed by atoms with Crippen molar-refractivity contribution in [2.24, 2.45) is 0 Å². The summed E-state index contributed by atoms with van der Waals surface area (Å²) in [5, 5.41) is 2.87. The maximum absolute atomic E-state index is 12.2. The van der Waals surface area contributed by atoms with E-state index in [4.69, 9.17) is 10.5 Å². The summed E-state index contributed by atoms with van der Waals surface area (Å²) in [7, 11) is 0. The molecule has 0 aliphatic heterocycles. The number of thiophene rings is 1. The molecule has 122 valence electrons. The predicted octanol–water partition coefficient (Wildman–Crippen LogP) is 3.81. The summed E-state index contributed by atoms with van der Waals surface area (Å²) in [6, 6.07) is 20.9.